The lowest BCUT2D eigenvalue weighted by Gasteiger charge is -2.11. The molecular formula is C17H17ClN4O4S2. The first kappa shape index (κ1) is 20.2. The highest BCUT2D eigenvalue weighted by Crippen LogP contribution is 2.29. The molecule has 0 bridgehead atoms. The van der Waals surface area contributed by atoms with E-state index in [2.05, 4.69) is 14.9 Å². The van der Waals surface area contributed by atoms with Crippen molar-refractivity contribution < 1.29 is 17.9 Å². The highest BCUT2D eigenvalue weighted by molar-refractivity contribution is 7.92. The third-order valence-corrected chi connectivity index (χ3v) is 5.87. The molecule has 148 valence electrons. The second kappa shape index (κ2) is 8.63. The van der Waals surface area contributed by atoms with Crippen LogP contribution in [0.5, 0.6) is 11.5 Å². The van der Waals surface area contributed by atoms with E-state index in [-0.39, 0.29) is 16.5 Å². The molecule has 0 aliphatic rings. The highest BCUT2D eigenvalue weighted by atomic mass is 35.5. The monoisotopic (exact) mass is 440 g/mol. The van der Waals surface area contributed by atoms with Gasteiger partial charge in [-0.2, -0.15) is 0 Å². The summed E-state index contributed by atoms with van der Waals surface area (Å²) in [5.41, 5.74) is 5.93. The van der Waals surface area contributed by atoms with Crippen LogP contribution in [0.4, 0.5) is 10.8 Å². The van der Waals surface area contributed by atoms with E-state index in [1.807, 2.05) is 6.92 Å². The number of rotatable bonds is 8. The Labute approximate surface area is 171 Å². The van der Waals surface area contributed by atoms with Gasteiger partial charge in [0, 0.05) is 5.69 Å². The van der Waals surface area contributed by atoms with Crippen LogP contribution in [0.3, 0.4) is 0 Å². The van der Waals surface area contributed by atoms with Gasteiger partial charge >= 0.3 is 0 Å². The average Bonchev–Trinajstić information content (AvgIpc) is 3.07. The number of aromatic nitrogens is 2. The third kappa shape index (κ3) is 5.03. The van der Waals surface area contributed by atoms with Crippen LogP contribution >= 0.6 is 22.9 Å². The summed E-state index contributed by atoms with van der Waals surface area (Å²) in [4.78, 5) is 0.0129. The number of ether oxygens (including phenoxy) is 2. The summed E-state index contributed by atoms with van der Waals surface area (Å²) in [7, 11) is -3.81. The van der Waals surface area contributed by atoms with Gasteiger partial charge in [-0.25, -0.2) is 8.42 Å². The lowest BCUT2D eigenvalue weighted by molar-refractivity contribution is 0.304. The molecule has 0 atom stereocenters. The van der Waals surface area contributed by atoms with Crippen molar-refractivity contribution in [1.29, 1.82) is 0 Å². The quantitative estimate of drug-likeness (QED) is 0.550. The molecule has 1 aromatic heterocycles. The molecule has 28 heavy (non-hydrogen) atoms. The lowest BCUT2D eigenvalue weighted by Crippen LogP contribution is -2.13. The summed E-state index contributed by atoms with van der Waals surface area (Å²) in [6.07, 6.45) is 0. The Bertz CT molecular complexity index is 1060. The van der Waals surface area contributed by atoms with Crippen molar-refractivity contribution in [2.75, 3.05) is 17.1 Å². The van der Waals surface area contributed by atoms with Gasteiger partial charge in [0.25, 0.3) is 10.0 Å². The molecule has 11 heteroatoms. The van der Waals surface area contributed by atoms with Gasteiger partial charge in [-0.05, 0) is 49.4 Å². The molecule has 3 rings (SSSR count). The maximum Gasteiger partial charge on any atom is 0.261 e. The molecule has 0 amide bonds. The number of anilines is 2. The number of nitrogens with zero attached hydrogens (tertiary/aromatic N) is 2. The van der Waals surface area contributed by atoms with Crippen LogP contribution in [0, 0.1) is 0 Å². The molecule has 3 aromatic rings. The molecular weight excluding hydrogens is 424 g/mol. The minimum absolute atomic E-state index is 0.0129. The first-order chi connectivity index (χ1) is 13.4. The summed E-state index contributed by atoms with van der Waals surface area (Å²) in [6, 6.07) is 10.8. The predicted molar refractivity (Wildman–Crippen MR) is 109 cm³/mol. The number of nitrogens with two attached hydrogens (primary N) is 1. The normalized spacial score (nSPS) is 11.2. The van der Waals surface area contributed by atoms with E-state index in [0.29, 0.717) is 33.9 Å². The van der Waals surface area contributed by atoms with Crippen molar-refractivity contribution in [2.45, 2.75) is 18.4 Å². The first-order valence-corrected chi connectivity index (χ1v) is 10.8. The molecule has 0 aliphatic carbocycles. The Morgan fingerprint density at radius 1 is 1.14 bits per heavy atom. The van der Waals surface area contributed by atoms with Crippen LogP contribution in [0.1, 0.15) is 11.9 Å². The van der Waals surface area contributed by atoms with Crippen molar-refractivity contribution in [1.82, 2.24) is 10.2 Å². The standard InChI is InChI=1S/C17H17ClN4O4S2/c1-2-25-12-5-3-11(4-6-12)22-28(23,24)13-7-8-15(14(18)9-13)26-10-16-20-21-17(19)27-16/h3-9,22H,2,10H2,1H3,(H2,19,21). The summed E-state index contributed by atoms with van der Waals surface area (Å²) in [5, 5.41) is 8.62. The number of benzene rings is 2. The Morgan fingerprint density at radius 2 is 1.89 bits per heavy atom. The van der Waals surface area contributed by atoms with Crippen molar-refractivity contribution in [3.8, 4) is 11.5 Å². The van der Waals surface area contributed by atoms with E-state index in [1.165, 1.54) is 29.5 Å². The summed E-state index contributed by atoms with van der Waals surface area (Å²) >= 11 is 7.37. The second-order valence-corrected chi connectivity index (χ2v) is 8.66. The van der Waals surface area contributed by atoms with Gasteiger partial charge in [0.2, 0.25) is 5.13 Å². The maximum absolute atomic E-state index is 12.6. The van der Waals surface area contributed by atoms with Crippen molar-refractivity contribution in [3.05, 3.63) is 52.5 Å². The molecule has 0 fully saturated rings. The van der Waals surface area contributed by atoms with Gasteiger partial charge in [0.1, 0.15) is 18.1 Å². The summed E-state index contributed by atoms with van der Waals surface area (Å²) in [5.74, 6) is 0.989. The Morgan fingerprint density at radius 3 is 2.50 bits per heavy atom. The second-order valence-electron chi connectivity index (χ2n) is 5.48. The van der Waals surface area contributed by atoms with Crippen LogP contribution in [0.15, 0.2) is 47.4 Å². The van der Waals surface area contributed by atoms with Crippen molar-refractivity contribution in [3.63, 3.8) is 0 Å². The van der Waals surface area contributed by atoms with Gasteiger partial charge in [0.05, 0.1) is 16.5 Å². The van der Waals surface area contributed by atoms with Gasteiger partial charge in [-0.3, -0.25) is 4.72 Å². The van der Waals surface area contributed by atoms with E-state index in [0.717, 1.165) is 0 Å². The minimum Gasteiger partial charge on any atom is -0.494 e. The van der Waals surface area contributed by atoms with Crippen LogP contribution in [0.2, 0.25) is 5.02 Å². The highest BCUT2D eigenvalue weighted by Gasteiger charge is 2.17. The van der Waals surface area contributed by atoms with E-state index >= 15 is 0 Å². The smallest absolute Gasteiger partial charge is 0.261 e. The van der Waals surface area contributed by atoms with Crippen molar-refractivity contribution in [2.24, 2.45) is 0 Å². The lowest BCUT2D eigenvalue weighted by atomic mass is 10.3. The van der Waals surface area contributed by atoms with E-state index in [9.17, 15) is 8.42 Å². The molecule has 8 nitrogen and oxygen atoms in total. The van der Waals surface area contributed by atoms with Crippen LogP contribution < -0.4 is 19.9 Å². The number of hydrogen-bond acceptors (Lipinski definition) is 8. The molecule has 2 aromatic carbocycles. The van der Waals surface area contributed by atoms with Crippen LogP contribution in [-0.2, 0) is 16.6 Å². The van der Waals surface area contributed by atoms with E-state index < -0.39 is 10.0 Å². The average molecular weight is 441 g/mol. The molecule has 0 saturated heterocycles. The van der Waals surface area contributed by atoms with Gasteiger partial charge in [-0.15, -0.1) is 10.2 Å². The summed E-state index contributed by atoms with van der Waals surface area (Å²) in [6.45, 7) is 2.53. The van der Waals surface area contributed by atoms with Crippen LogP contribution in [0.25, 0.3) is 0 Å². The fraction of sp³-hybridized carbons (Fsp3) is 0.176. The zero-order valence-corrected chi connectivity index (χ0v) is 17.1. The van der Waals surface area contributed by atoms with E-state index in [4.69, 9.17) is 26.8 Å². The van der Waals surface area contributed by atoms with Gasteiger partial charge < -0.3 is 15.2 Å². The fourth-order valence-electron chi connectivity index (χ4n) is 2.23. The molecule has 0 aliphatic heterocycles. The van der Waals surface area contributed by atoms with E-state index in [1.54, 1.807) is 24.3 Å². The largest absolute Gasteiger partial charge is 0.494 e. The molecule has 0 saturated carbocycles. The zero-order valence-electron chi connectivity index (χ0n) is 14.8. The summed E-state index contributed by atoms with van der Waals surface area (Å²) < 4.78 is 38.6. The minimum atomic E-state index is -3.81. The predicted octanol–water partition coefficient (Wildman–Crippen LogP) is 3.55. The zero-order chi connectivity index (χ0) is 20.1. The number of nitrogen functional groups attached to an aromatic ring is 1. The molecule has 0 radical (unpaired) electrons. The molecule has 3 N–H and O–H groups in total. The fourth-order valence-corrected chi connectivity index (χ4v) is 4.14. The Kier molecular flexibility index (Phi) is 6.22. The van der Waals surface area contributed by atoms with Crippen LogP contribution in [-0.4, -0.2) is 25.2 Å². The Hall–Kier alpha value is -2.56. The number of sulfonamides is 1. The number of hydrogen-bond donors (Lipinski definition) is 2. The topological polar surface area (TPSA) is 116 Å². The SMILES string of the molecule is CCOc1ccc(NS(=O)(=O)c2ccc(OCc3nnc(N)s3)c(Cl)c2)cc1. The molecule has 1 heterocycles. The van der Waals surface area contributed by atoms with Gasteiger partial charge in [0.15, 0.2) is 5.01 Å². The van der Waals surface area contributed by atoms with Gasteiger partial charge in [-0.1, -0.05) is 22.9 Å². The number of nitrogens with one attached hydrogen (secondary N) is 1. The molecule has 0 spiro atoms. The first-order valence-electron chi connectivity index (χ1n) is 8.13. The Balaban J connectivity index is 1.70. The molecule has 0 unspecified atom stereocenters. The number of halogens is 1. The van der Waals surface area contributed by atoms with Crippen molar-refractivity contribution >= 4 is 43.8 Å². The third-order valence-electron chi connectivity index (χ3n) is 3.46. The maximum atomic E-state index is 12.6.